The number of allylic oxidation sites excluding steroid dienone is 2. The molecule has 0 saturated carbocycles. The largest absolute Gasteiger partial charge is 0.462 e. The molecule has 0 aromatic carbocycles. The number of hydrogen-bond donors (Lipinski definition) is 1. The third kappa shape index (κ3) is 2.72. The van der Waals surface area contributed by atoms with Crippen molar-refractivity contribution in [2.75, 3.05) is 6.61 Å². The Morgan fingerprint density at radius 1 is 1.48 bits per heavy atom. The van der Waals surface area contributed by atoms with Gasteiger partial charge in [0.15, 0.2) is 5.78 Å². The van der Waals surface area contributed by atoms with Crippen LogP contribution in [0.4, 0.5) is 0 Å². The van der Waals surface area contributed by atoms with Crippen molar-refractivity contribution in [2.45, 2.75) is 32.1 Å². The lowest BCUT2D eigenvalue weighted by atomic mass is 9.77. The Kier molecular flexibility index (Phi) is 4.14. The van der Waals surface area contributed by atoms with E-state index in [-0.39, 0.29) is 23.8 Å². The molecule has 0 amide bonds. The van der Waals surface area contributed by atoms with E-state index in [1.54, 1.807) is 25.4 Å². The number of ether oxygens (including phenoxy) is 2. The summed E-state index contributed by atoms with van der Waals surface area (Å²) in [5.74, 6) is -0.608. The van der Waals surface area contributed by atoms with Gasteiger partial charge in [-0.25, -0.2) is 4.79 Å². The van der Waals surface area contributed by atoms with E-state index in [1.165, 1.54) is 0 Å². The summed E-state index contributed by atoms with van der Waals surface area (Å²) >= 11 is 0. The van der Waals surface area contributed by atoms with Gasteiger partial charge in [0.05, 0.1) is 12.5 Å². The van der Waals surface area contributed by atoms with Crippen LogP contribution in [0.3, 0.4) is 0 Å². The standard InChI is InChI=1S/C17H18N2O4/c1-2-22-17(21)15-13(10-5-4-8-19-9-10)14-11(20)6-3-7-12(14)23-16(15)18/h4-5,8-9,13H,2-3,6-7,18H2,1H3/t13-/m0/s1. The lowest BCUT2D eigenvalue weighted by molar-refractivity contribution is -0.139. The molecular weight excluding hydrogens is 296 g/mol. The zero-order chi connectivity index (χ0) is 16.4. The fourth-order valence-corrected chi connectivity index (χ4v) is 3.04. The van der Waals surface area contributed by atoms with E-state index in [4.69, 9.17) is 15.2 Å². The van der Waals surface area contributed by atoms with Gasteiger partial charge in [-0.1, -0.05) is 6.07 Å². The molecule has 1 atom stereocenters. The number of nitrogens with zero attached hydrogens (tertiary/aromatic N) is 1. The molecule has 2 heterocycles. The first-order chi connectivity index (χ1) is 11.1. The van der Waals surface area contributed by atoms with Crippen LogP contribution < -0.4 is 5.73 Å². The molecule has 6 nitrogen and oxygen atoms in total. The number of nitrogens with two attached hydrogens (primary N) is 1. The van der Waals surface area contributed by atoms with Crippen LogP contribution in [0.15, 0.2) is 47.3 Å². The van der Waals surface area contributed by atoms with Crippen LogP contribution in [-0.4, -0.2) is 23.3 Å². The molecule has 2 aliphatic rings. The van der Waals surface area contributed by atoms with Crippen molar-refractivity contribution in [3.63, 3.8) is 0 Å². The molecule has 23 heavy (non-hydrogen) atoms. The highest BCUT2D eigenvalue weighted by molar-refractivity contribution is 6.03. The van der Waals surface area contributed by atoms with Crippen LogP contribution in [0.2, 0.25) is 0 Å². The quantitative estimate of drug-likeness (QED) is 0.857. The van der Waals surface area contributed by atoms with Gasteiger partial charge < -0.3 is 15.2 Å². The zero-order valence-electron chi connectivity index (χ0n) is 12.9. The Labute approximate surface area is 134 Å². The molecule has 3 rings (SSSR count). The summed E-state index contributed by atoms with van der Waals surface area (Å²) in [4.78, 5) is 28.9. The number of carbonyl (C=O) groups is 2. The maximum atomic E-state index is 12.5. The Morgan fingerprint density at radius 3 is 3.00 bits per heavy atom. The van der Waals surface area contributed by atoms with E-state index in [2.05, 4.69) is 4.98 Å². The third-order valence-electron chi connectivity index (χ3n) is 4.00. The minimum absolute atomic E-state index is 0.00533. The third-order valence-corrected chi connectivity index (χ3v) is 4.00. The predicted molar refractivity (Wildman–Crippen MR) is 81.8 cm³/mol. The monoisotopic (exact) mass is 314 g/mol. The number of pyridine rings is 1. The van der Waals surface area contributed by atoms with Gasteiger partial charge in [0.1, 0.15) is 11.3 Å². The molecule has 2 N–H and O–H groups in total. The van der Waals surface area contributed by atoms with Gasteiger partial charge in [-0.2, -0.15) is 0 Å². The Hall–Kier alpha value is -2.63. The average Bonchev–Trinajstić information content (AvgIpc) is 2.54. The molecular formula is C17H18N2O4. The summed E-state index contributed by atoms with van der Waals surface area (Å²) in [6, 6.07) is 3.58. The first-order valence-corrected chi connectivity index (χ1v) is 7.64. The molecule has 6 heteroatoms. The van der Waals surface area contributed by atoms with Crippen LogP contribution in [0, 0.1) is 0 Å². The van der Waals surface area contributed by atoms with E-state index in [0.717, 1.165) is 12.0 Å². The van der Waals surface area contributed by atoms with E-state index in [1.807, 2.05) is 6.07 Å². The number of carbonyl (C=O) groups excluding carboxylic acids is 2. The average molecular weight is 314 g/mol. The molecule has 120 valence electrons. The summed E-state index contributed by atoms with van der Waals surface area (Å²) < 4.78 is 10.7. The fourth-order valence-electron chi connectivity index (χ4n) is 3.04. The second kappa shape index (κ2) is 6.24. The summed E-state index contributed by atoms with van der Waals surface area (Å²) in [6.07, 6.45) is 5.07. The molecule has 0 fully saturated rings. The van der Waals surface area contributed by atoms with E-state index in [0.29, 0.717) is 24.2 Å². The lowest BCUT2D eigenvalue weighted by Crippen LogP contribution is -2.31. The van der Waals surface area contributed by atoms with Gasteiger partial charge in [0, 0.05) is 30.8 Å². The summed E-state index contributed by atoms with van der Waals surface area (Å²) in [6.45, 7) is 1.93. The highest BCUT2D eigenvalue weighted by Gasteiger charge is 2.41. The number of rotatable bonds is 3. The maximum absolute atomic E-state index is 12.5. The minimum Gasteiger partial charge on any atom is -0.462 e. The summed E-state index contributed by atoms with van der Waals surface area (Å²) in [7, 11) is 0. The lowest BCUT2D eigenvalue weighted by Gasteiger charge is -2.32. The van der Waals surface area contributed by atoms with Crippen LogP contribution in [0.5, 0.6) is 0 Å². The van der Waals surface area contributed by atoms with Crippen molar-refractivity contribution in [2.24, 2.45) is 5.73 Å². The Bertz CT molecular complexity index is 707. The maximum Gasteiger partial charge on any atom is 0.340 e. The van der Waals surface area contributed by atoms with Gasteiger partial charge in [0.25, 0.3) is 0 Å². The van der Waals surface area contributed by atoms with Crippen LogP contribution in [0.1, 0.15) is 37.7 Å². The number of Topliss-reactive ketones (excluding diaryl/α,β-unsaturated/α-hetero) is 1. The SMILES string of the molecule is CCOC(=O)C1=C(N)OC2=C(C(=O)CCC2)[C@@H]1c1cccnc1. The second-order valence-electron chi connectivity index (χ2n) is 5.43. The van der Waals surface area contributed by atoms with Crippen molar-refractivity contribution in [1.82, 2.24) is 4.98 Å². The second-order valence-corrected chi connectivity index (χ2v) is 5.43. The summed E-state index contributed by atoms with van der Waals surface area (Å²) in [5, 5.41) is 0. The number of aromatic nitrogens is 1. The van der Waals surface area contributed by atoms with Crippen LogP contribution in [-0.2, 0) is 19.1 Å². The Balaban J connectivity index is 2.15. The van der Waals surface area contributed by atoms with Crippen molar-refractivity contribution < 1.29 is 19.1 Å². The minimum atomic E-state index is -0.584. The molecule has 1 aliphatic carbocycles. The number of hydrogen-bond acceptors (Lipinski definition) is 6. The van der Waals surface area contributed by atoms with Gasteiger partial charge in [-0.05, 0) is 25.0 Å². The van der Waals surface area contributed by atoms with Crippen molar-refractivity contribution >= 4 is 11.8 Å². The van der Waals surface area contributed by atoms with Crippen molar-refractivity contribution in [3.05, 3.63) is 52.9 Å². The molecule has 0 spiro atoms. The number of esters is 1. The van der Waals surface area contributed by atoms with E-state index < -0.39 is 11.9 Å². The van der Waals surface area contributed by atoms with Crippen LogP contribution >= 0.6 is 0 Å². The van der Waals surface area contributed by atoms with Gasteiger partial charge in [-0.3, -0.25) is 9.78 Å². The Morgan fingerprint density at radius 2 is 2.30 bits per heavy atom. The van der Waals surface area contributed by atoms with Crippen molar-refractivity contribution in [1.29, 1.82) is 0 Å². The van der Waals surface area contributed by atoms with Gasteiger partial charge in [-0.15, -0.1) is 0 Å². The molecule has 1 aromatic rings. The van der Waals surface area contributed by atoms with E-state index in [9.17, 15) is 9.59 Å². The molecule has 1 aliphatic heterocycles. The normalized spacial score (nSPS) is 20.9. The molecule has 0 radical (unpaired) electrons. The predicted octanol–water partition coefficient (Wildman–Crippen LogP) is 1.94. The molecule has 0 unspecified atom stereocenters. The van der Waals surface area contributed by atoms with Crippen LogP contribution in [0.25, 0.3) is 0 Å². The molecule has 0 saturated heterocycles. The highest BCUT2D eigenvalue weighted by Crippen LogP contribution is 2.43. The fraction of sp³-hybridized carbons (Fsp3) is 0.353. The smallest absolute Gasteiger partial charge is 0.340 e. The van der Waals surface area contributed by atoms with E-state index >= 15 is 0 Å². The first-order valence-electron chi connectivity index (χ1n) is 7.64. The topological polar surface area (TPSA) is 91.5 Å². The van der Waals surface area contributed by atoms with Gasteiger partial charge >= 0.3 is 5.97 Å². The highest BCUT2D eigenvalue weighted by atomic mass is 16.5. The number of ketones is 1. The summed E-state index contributed by atoms with van der Waals surface area (Å²) in [5.41, 5.74) is 7.38. The molecule has 1 aromatic heterocycles. The van der Waals surface area contributed by atoms with Crippen molar-refractivity contribution in [3.8, 4) is 0 Å². The van der Waals surface area contributed by atoms with Gasteiger partial charge in [0.2, 0.25) is 5.88 Å². The zero-order valence-corrected chi connectivity index (χ0v) is 12.9. The molecule has 0 bridgehead atoms. The first kappa shape index (κ1) is 15.3.